The van der Waals surface area contributed by atoms with Crippen LogP contribution >= 0.6 is 0 Å². The van der Waals surface area contributed by atoms with Crippen molar-refractivity contribution in [2.24, 2.45) is 5.73 Å². The van der Waals surface area contributed by atoms with Crippen molar-refractivity contribution >= 4 is 0 Å². The number of halogens is 3. The highest BCUT2D eigenvalue weighted by atomic mass is 19.2. The van der Waals surface area contributed by atoms with Crippen LogP contribution in [0.3, 0.4) is 0 Å². The summed E-state index contributed by atoms with van der Waals surface area (Å²) in [4.78, 5) is 0. The molecule has 0 radical (unpaired) electrons. The van der Waals surface area contributed by atoms with Gasteiger partial charge in [0.05, 0.1) is 7.11 Å². The van der Waals surface area contributed by atoms with E-state index >= 15 is 0 Å². The van der Waals surface area contributed by atoms with Gasteiger partial charge in [0.15, 0.2) is 23.2 Å². The van der Waals surface area contributed by atoms with Gasteiger partial charge in [-0.1, -0.05) is 24.3 Å². The summed E-state index contributed by atoms with van der Waals surface area (Å²) in [7, 11) is 1.36. The zero-order valence-electron chi connectivity index (χ0n) is 10.9. The van der Waals surface area contributed by atoms with E-state index in [-0.39, 0.29) is 17.7 Å². The van der Waals surface area contributed by atoms with Crippen molar-refractivity contribution in [3.63, 3.8) is 0 Å². The van der Waals surface area contributed by atoms with Crippen LogP contribution in [-0.2, 0) is 6.42 Å². The van der Waals surface area contributed by atoms with Crippen LogP contribution in [0.5, 0.6) is 5.75 Å². The lowest BCUT2D eigenvalue weighted by atomic mass is 9.98. The lowest BCUT2D eigenvalue weighted by molar-refractivity contribution is 0.383. The van der Waals surface area contributed by atoms with Crippen molar-refractivity contribution in [2.45, 2.75) is 12.5 Å². The van der Waals surface area contributed by atoms with E-state index in [1.807, 2.05) is 0 Å². The molecular formula is C15H14F3NO. The lowest BCUT2D eigenvalue weighted by Crippen LogP contribution is -2.16. The van der Waals surface area contributed by atoms with Crippen LogP contribution in [0, 0.1) is 17.5 Å². The Morgan fingerprint density at radius 3 is 2.45 bits per heavy atom. The molecule has 5 heteroatoms. The molecule has 20 heavy (non-hydrogen) atoms. The van der Waals surface area contributed by atoms with E-state index in [9.17, 15) is 13.2 Å². The van der Waals surface area contributed by atoms with Gasteiger partial charge in [0, 0.05) is 11.6 Å². The van der Waals surface area contributed by atoms with Crippen molar-refractivity contribution in [2.75, 3.05) is 7.11 Å². The zero-order chi connectivity index (χ0) is 14.7. The second-order valence-electron chi connectivity index (χ2n) is 4.39. The van der Waals surface area contributed by atoms with Gasteiger partial charge in [-0.25, -0.2) is 13.2 Å². The topological polar surface area (TPSA) is 35.2 Å². The quantitative estimate of drug-likeness (QED) is 0.932. The van der Waals surface area contributed by atoms with Crippen LogP contribution in [-0.4, -0.2) is 7.11 Å². The van der Waals surface area contributed by atoms with Gasteiger partial charge in [-0.2, -0.15) is 0 Å². The molecule has 2 nitrogen and oxygen atoms in total. The summed E-state index contributed by atoms with van der Waals surface area (Å²) in [6.45, 7) is 0. The first-order chi connectivity index (χ1) is 9.54. The van der Waals surface area contributed by atoms with E-state index in [1.54, 1.807) is 6.07 Å². The third-order valence-corrected chi connectivity index (χ3v) is 3.08. The molecule has 1 atom stereocenters. The largest absolute Gasteiger partial charge is 0.494 e. The predicted octanol–water partition coefficient (Wildman–Crippen LogP) is 3.36. The molecule has 2 aromatic rings. The number of rotatable bonds is 4. The molecule has 0 fully saturated rings. The summed E-state index contributed by atoms with van der Waals surface area (Å²) in [6.07, 6.45) is 0.0450. The lowest BCUT2D eigenvalue weighted by Gasteiger charge is -2.14. The second kappa shape index (κ2) is 5.96. The van der Waals surface area contributed by atoms with E-state index in [2.05, 4.69) is 0 Å². The van der Waals surface area contributed by atoms with Gasteiger partial charge >= 0.3 is 0 Å². The van der Waals surface area contributed by atoms with Gasteiger partial charge in [-0.05, 0) is 24.1 Å². The summed E-state index contributed by atoms with van der Waals surface area (Å²) < 4.78 is 45.6. The number of hydrogen-bond acceptors (Lipinski definition) is 2. The third kappa shape index (κ3) is 2.77. The Labute approximate surface area is 115 Å². The minimum atomic E-state index is -0.997. The van der Waals surface area contributed by atoms with E-state index in [4.69, 9.17) is 10.5 Å². The maximum atomic E-state index is 14.0. The first kappa shape index (κ1) is 14.4. The molecule has 0 aliphatic rings. The van der Waals surface area contributed by atoms with Gasteiger partial charge in [0.25, 0.3) is 0 Å². The van der Waals surface area contributed by atoms with E-state index < -0.39 is 23.5 Å². The Bertz CT molecular complexity index is 616. The molecule has 0 aliphatic carbocycles. The minimum absolute atomic E-state index is 0.0206. The first-order valence-electron chi connectivity index (χ1n) is 6.05. The van der Waals surface area contributed by atoms with Crippen molar-refractivity contribution in [3.8, 4) is 5.75 Å². The zero-order valence-corrected chi connectivity index (χ0v) is 10.9. The van der Waals surface area contributed by atoms with Crippen molar-refractivity contribution in [1.29, 1.82) is 0 Å². The molecule has 2 rings (SSSR count). The maximum Gasteiger partial charge on any atom is 0.168 e. The Balaban J connectivity index is 2.28. The Morgan fingerprint density at radius 2 is 1.75 bits per heavy atom. The van der Waals surface area contributed by atoms with Crippen LogP contribution in [0.2, 0.25) is 0 Å². The van der Waals surface area contributed by atoms with Crippen molar-refractivity contribution in [3.05, 3.63) is 65.0 Å². The first-order valence-corrected chi connectivity index (χ1v) is 6.05. The monoisotopic (exact) mass is 281 g/mol. The molecule has 0 bridgehead atoms. The highest BCUT2D eigenvalue weighted by Crippen LogP contribution is 2.25. The van der Waals surface area contributed by atoms with Crippen molar-refractivity contribution in [1.82, 2.24) is 0 Å². The SMILES string of the molecule is COc1cccc(CC(N)c2cccc(F)c2F)c1F. The van der Waals surface area contributed by atoms with Gasteiger partial charge in [-0.3, -0.25) is 0 Å². The van der Waals surface area contributed by atoms with Gasteiger partial charge in [0.1, 0.15) is 0 Å². The molecule has 106 valence electrons. The van der Waals surface area contributed by atoms with Crippen LogP contribution in [0.15, 0.2) is 36.4 Å². The molecule has 0 heterocycles. The van der Waals surface area contributed by atoms with Crippen LogP contribution in [0.4, 0.5) is 13.2 Å². The number of benzene rings is 2. The molecule has 0 saturated heterocycles. The normalized spacial score (nSPS) is 12.2. The average Bonchev–Trinajstić information content (AvgIpc) is 2.44. The minimum Gasteiger partial charge on any atom is -0.494 e. The summed E-state index contributed by atoms with van der Waals surface area (Å²) in [5, 5.41) is 0. The smallest absolute Gasteiger partial charge is 0.168 e. The Hall–Kier alpha value is -2.01. The van der Waals surface area contributed by atoms with Gasteiger partial charge in [-0.15, -0.1) is 0 Å². The third-order valence-electron chi connectivity index (χ3n) is 3.08. The summed E-state index contributed by atoms with van der Waals surface area (Å²) in [6, 6.07) is 7.56. The summed E-state index contributed by atoms with van der Waals surface area (Å²) in [5.41, 5.74) is 6.16. The van der Waals surface area contributed by atoms with Crippen LogP contribution in [0.25, 0.3) is 0 Å². The van der Waals surface area contributed by atoms with Gasteiger partial charge in [0.2, 0.25) is 0 Å². The molecule has 1 unspecified atom stereocenters. The molecule has 0 saturated carbocycles. The van der Waals surface area contributed by atoms with Gasteiger partial charge < -0.3 is 10.5 Å². The maximum absolute atomic E-state index is 14.0. The number of nitrogens with two attached hydrogens (primary N) is 1. The fraction of sp³-hybridized carbons (Fsp3) is 0.200. The molecule has 0 aliphatic heterocycles. The van der Waals surface area contributed by atoms with Crippen LogP contribution < -0.4 is 10.5 Å². The summed E-state index contributed by atoms with van der Waals surface area (Å²) in [5.74, 6) is -2.41. The second-order valence-corrected chi connectivity index (χ2v) is 4.39. The molecule has 2 aromatic carbocycles. The molecule has 0 spiro atoms. The number of hydrogen-bond donors (Lipinski definition) is 1. The highest BCUT2D eigenvalue weighted by molar-refractivity contribution is 5.33. The molecular weight excluding hydrogens is 267 g/mol. The van der Waals surface area contributed by atoms with E-state index in [0.29, 0.717) is 5.56 Å². The van der Waals surface area contributed by atoms with E-state index in [1.165, 1.54) is 31.4 Å². The summed E-state index contributed by atoms with van der Waals surface area (Å²) >= 11 is 0. The predicted molar refractivity (Wildman–Crippen MR) is 69.9 cm³/mol. The average molecular weight is 281 g/mol. The Morgan fingerprint density at radius 1 is 1.05 bits per heavy atom. The molecule has 0 amide bonds. The fourth-order valence-corrected chi connectivity index (χ4v) is 2.03. The fourth-order valence-electron chi connectivity index (χ4n) is 2.03. The van der Waals surface area contributed by atoms with Crippen molar-refractivity contribution < 1.29 is 17.9 Å². The molecule has 0 aromatic heterocycles. The number of methoxy groups -OCH3 is 1. The number of ether oxygens (including phenoxy) is 1. The molecule has 2 N–H and O–H groups in total. The standard InChI is InChI=1S/C15H14F3NO/c1-20-13-7-2-4-9(14(13)17)8-12(19)10-5-3-6-11(16)15(10)18/h2-7,12H,8,19H2,1H3. The highest BCUT2D eigenvalue weighted by Gasteiger charge is 2.17. The van der Waals surface area contributed by atoms with Crippen LogP contribution in [0.1, 0.15) is 17.2 Å². The van der Waals surface area contributed by atoms with E-state index in [0.717, 1.165) is 6.07 Å². The Kier molecular flexibility index (Phi) is 4.29.